The first kappa shape index (κ1) is 20.1. The molecule has 2 aromatic rings. The van der Waals surface area contributed by atoms with E-state index < -0.39 is 0 Å². The fourth-order valence-corrected chi connectivity index (χ4v) is 2.16. The summed E-state index contributed by atoms with van der Waals surface area (Å²) >= 11 is 0. The van der Waals surface area contributed by atoms with Crippen LogP contribution in [0.15, 0.2) is 42.7 Å². The summed E-state index contributed by atoms with van der Waals surface area (Å²) in [4.78, 5) is 21.0. The van der Waals surface area contributed by atoms with E-state index in [1.54, 1.807) is 12.4 Å². The van der Waals surface area contributed by atoms with Crippen molar-refractivity contribution in [2.75, 3.05) is 5.32 Å². The number of carbonyl (C=O) groups is 1. The number of nitrogens with zero attached hydrogens (tertiary/aromatic N) is 2. The van der Waals surface area contributed by atoms with Crippen LogP contribution >= 0.6 is 12.4 Å². The summed E-state index contributed by atoms with van der Waals surface area (Å²) in [5.74, 6) is 0.234. The van der Waals surface area contributed by atoms with Gasteiger partial charge in [-0.1, -0.05) is 58.0 Å². The third-order valence-electron chi connectivity index (χ3n) is 3.73. The van der Waals surface area contributed by atoms with Crippen LogP contribution in [0.5, 0.6) is 0 Å². The molecule has 0 saturated heterocycles. The van der Waals surface area contributed by atoms with E-state index >= 15 is 0 Å². The highest BCUT2D eigenvalue weighted by Crippen LogP contribution is 2.21. The molecule has 2 unspecified atom stereocenters. The van der Waals surface area contributed by atoms with E-state index in [4.69, 9.17) is 5.73 Å². The number of hydrogen-bond acceptors (Lipinski definition) is 4. The van der Waals surface area contributed by atoms with E-state index in [9.17, 15) is 4.79 Å². The number of rotatable bonds is 4. The normalized spacial score (nSPS) is 13.5. The number of carbonyl (C=O) groups excluding carboxylic acids is 1. The third kappa shape index (κ3) is 5.01. The molecule has 0 saturated carbocycles. The molecule has 130 valence electrons. The molecule has 1 amide bonds. The van der Waals surface area contributed by atoms with Crippen molar-refractivity contribution in [1.82, 2.24) is 9.97 Å². The predicted octanol–water partition coefficient (Wildman–Crippen LogP) is 3.47. The van der Waals surface area contributed by atoms with Crippen molar-refractivity contribution in [2.24, 2.45) is 11.7 Å². The molecule has 3 N–H and O–H groups in total. The molecule has 0 aliphatic carbocycles. The first-order chi connectivity index (χ1) is 10.8. The van der Waals surface area contributed by atoms with Crippen molar-refractivity contribution < 1.29 is 4.79 Å². The highest BCUT2D eigenvalue weighted by Gasteiger charge is 2.23. The molecule has 0 aliphatic heterocycles. The van der Waals surface area contributed by atoms with Gasteiger partial charge in [-0.15, -0.1) is 12.4 Å². The fourth-order valence-electron chi connectivity index (χ4n) is 2.16. The lowest BCUT2D eigenvalue weighted by molar-refractivity contribution is -0.120. The number of benzene rings is 1. The van der Waals surface area contributed by atoms with Crippen molar-refractivity contribution >= 4 is 24.0 Å². The van der Waals surface area contributed by atoms with Gasteiger partial charge in [0.25, 0.3) is 0 Å². The minimum Gasteiger partial charge on any atom is -0.323 e. The maximum absolute atomic E-state index is 12.4. The van der Waals surface area contributed by atoms with Crippen molar-refractivity contribution in [3.63, 3.8) is 0 Å². The molecule has 6 heteroatoms. The number of hydrogen-bond donors (Lipinski definition) is 2. The summed E-state index contributed by atoms with van der Waals surface area (Å²) in [7, 11) is 0. The lowest BCUT2D eigenvalue weighted by Crippen LogP contribution is -2.30. The summed E-state index contributed by atoms with van der Waals surface area (Å²) in [6.07, 6.45) is 3.26. The average Bonchev–Trinajstić information content (AvgIpc) is 2.54. The Morgan fingerprint density at radius 2 is 1.67 bits per heavy atom. The number of aromatic nitrogens is 2. The topological polar surface area (TPSA) is 80.9 Å². The minimum atomic E-state index is -0.361. The molecule has 0 spiro atoms. The van der Waals surface area contributed by atoms with Crippen LogP contribution < -0.4 is 11.1 Å². The Morgan fingerprint density at radius 1 is 1.12 bits per heavy atom. The smallest absolute Gasteiger partial charge is 0.229 e. The van der Waals surface area contributed by atoms with Crippen LogP contribution in [0.1, 0.15) is 45.1 Å². The Kier molecular flexibility index (Phi) is 6.87. The Hall–Kier alpha value is -1.98. The second-order valence-corrected chi connectivity index (χ2v) is 6.76. The Bertz CT molecular complexity index is 653. The number of amides is 1. The molecule has 5 nitrogen and oxygen atoms in total. The van der Waals surface area contributed by atoms with E-state index in [1.165, 1.54) is 0 Å². The monoisotopic (exact) mass is 348 g/mol. The zero-order valence-electron chi connectivity index (χ0n) is 14.5. The molecule has 1 aromatic heterocycles. The van der Waals surface area contributed by atoms with Gasteiger partial charge in [0.1, 0.15) is 5.82 Å². The molecule has 0 bridgehead atoms. The number of halogens is 1. The second-order valence-electron chi connectivity index (χ2n) is 6.76. The van der Waals surface area contributed by atoms with E-state index in [2.05, 4.69) is 15.3 Å². The Morgan fingerprint density at radius 3 is 2.17 bits per heavy atom. The van der Waals surface area contributed by atoms with Crippen molar-refractivity contribution in [3.05, 3.63) is 54.1 Å². The zero-order chi connectivity index (χ0) is 17.0. The van der Waals surface area contributed by atoms with Crippen LogP contribution in [-0.2, 0) is 10.2 Å². The summed E-state index contributed by atoms with van der Waals surface area (Å²) in [6, 6.07) is 9.25. The first-order valence-corrected chi connectivity index (χ1v) is 7.73. The summed E-state index contributed by atoms with van der Waals surface area (Å²) < 4.78 is 0. The quantitative estimate of drug-likeness (QED) is 0.886. The predicted molar refractivity (Wildman–Crippen MR) is 99.1 cm³/mol. The molecule has 2 atom stereocenters. The third-order valence-corrected chi connectivity index (χ3v) is 3.73. The number of nitrogens with two attached hydrogens (primary N) is 1. The van der Waals surface area contributed by atoms with E-state index in [0.29, 0.717) is 5.69 Å². The summed E-state index contributed by atoms with van der Waals surface area (Å²) in [6.45, 7) is 7.95. The fraction of sp³-hybridized carbons (Fsp3) is 0.389. The van der Waals surface area contributed by atoms with E-state index in [1.807, 2.05) is 58.0 Å². The molecule has 1 aromatic carbocycles. The minimum absolute atomic E-state index is 0. The molecular formula is C18H25ClN4O. The number of anilines is 1. The molecule has 0 fully saturated rings. The molecule has 1 heterocycles. The Labute approximate surface area is 149 Å². The highest BCUT2D eigenvalue weighted by atomic mass is 35.5. The van der Waals surface area contributed by atoms with Crippen LogP contribution in [-0.4, -0.2) is 15.9 Å². The molecule has 0 radical (unpaired) electrons. The summed E-state index contributed by atoms with van der Waals surface area (Å²) in [5, 5.41) is 2.83. The van der Waals surface area contributed by atoms with Crippen LogP contribution in [0.4, 0.5) is 5.69 Å². The maximum atomic E-state index is 12.4. The van der Waals surface area contributed by atoms with Gasteiger partial charge < -0.3 is 11.1 Å². The van der Waals surface area contributed by atoms with Gasteiger partial charge in [0, 0.05) is 11.5 Å². The largest absolute Gasteiger partial charge is 0.323 e. The Balaban J connectivity index is 0.00000288. The molecule has 2 rings (SSSR count). The van der Waals surface area contributed by atoms with Crippen molar-refractivity contribution in [3.8, 4) is 0 Å². The zero-order valence-corrected chi connectivity index (χ0v) is 15.3. The van der Waals surface area contributed by atoms with Gasteiger partial charge >= 0.3 is 0 Å². The van der Waals surface area contributed by atoms with Gasteiger partial charge in [0.2, 0.25) is 5.91 Å². The van der Waals surface area contributed by atoms with Gasteiger partial charge in [0.15, 0.2) is 0 Å². The highest BCUT2D eigenvalue weighted by molar-refractivity contribution is 5.92. The van der Waals surface area contributed by atoms with Crippen LogP contribution in [0.2, 0.25) is 0 Å². The van der Waals surface area contributed by atoms with Gasteiger partial charge in [-0.2, -0.15) is 0 Å². The second kappa shape index (κ2) is 8.22. The van der Waals surface area contributed by atoms with Crippen molar-refractivity contribution in [2.45, 2.75) is 39.2 Å². The number of nitrogens with one attached hydrogen (secondary N) is 1. The standard InChI is InChI=1S/C18H24N4O.ClH/c1-12(15(19)13-8-6-5-7-9-13)16(23)22-14-10-20-17(21-11-14)18(2,3)4;/h5-12,15H,19H2,1-4H3,(H,22,23);1H. The molecule has 0 aliphatic rings. The first-order valence-electron chi connectivity index (χ1n) is 7.73. The van der Waals surface area contributed by atoms with Crippen LogP contribution in [0.25, 0.3) is 0 Å². The van der Waals surface area contributed by atoms with Crippen molar-refractivity contribution in [1.29, 1.82) is 0 Å². The molecular weight excluding hydrogens is 324 g/mol. The van der Waals surface area contributed by atoms with Gasteiger partial charge in [-0.3, -0.25) is 4.79 Å². The maximum Gasteiger partial charge on any atom is 0.229 e. The van der Waals surface area contributed by atoms with Gasteiger partial charge in [0.05, 0.1) is 24.0 Å². The van der Waals surface area contributed by atoms with Crippen LogP contribution in [0.3, 0.4) is 0 Å². The summed E-state index contributed by atoms with van der Waals surface area (Å²) in [5.41, 5.74) is 7.58. The lowest BCUT2D eigenvalue weighted by Gasteiger charge is -2.20. The van der Waals surface area contributed by atoms with E-state index in [-0.39, 0.29) is 35.7 Å². The van der Waals surface area contributed by atoms with Gasteiger partial charge in [-0.05, 0) is 5.56 Å². The lowest BCUT2D eigenvalue weighted by atomic mass is 9.94. The van der Waals surface area contributed by atoms with E-state index in [0.717, 1.165) is 11.4 Å². The van der Waals surface area contributed by atoms with Gasteiger partial charge in [-0.25, -0.2) is 9.97 Å². The SMILES string of the molecule is CC(C(=O)Nc1cnc(C(C)(C)C)nc1)C(N)c1ccccc1.Cl. The average molecular weight is 349 g/mol. The van der Waals surface area contributed by atoms with Crippen LogP contribution in [0, 0.1) is 5.92 Å². The molecule has 24 heavy (non-hydrogen) atoms.